The number of aromatic hydroxyl groups is 1. The zero-order valence-corrected chi connectivity index (χ0v) is 11.5. The third-order valence-electron chi connectivity index (χ3n) is 2.52. The lowest BCUT2D eigenvalue weighted by atomic mass is 9.86. The van der Waals surface area contributed by atoms with Crippen LogP contribution in [0.3, 0.4) is 0 Å². The van der Waals surface area contributed by atoms with Crippen molar-refractivity contribution in [2.45, 2.75) is 31.1 Å². The van der Waals surface area contributed by atoms with Gasteiger partial charge in [-0.3, -0.25) is 0 Å². The Balaban J connectivity index is 3.08. The van der Waals surface area contributed by atoms with Crippen LogP contribution >= 0.6 is 0 Å². The lowest BCUT2D eigenvalue weighted by Gasteiger charge is -2.20. The molecule has 2 N–H and O–H groups in total. The van der Waals surface area contributed by atoms with E-state index in [1.165, 1.54) is 0 Å². The second-order valence-corrected chi connectivity index (χ2v) is 7.14. The van der Waals surface area contributed by atoms with Crippen molar-refractivity contribution in [1.82, 2.24) is 0 Å². The van der Waals surface area contributed by atoms with Gasteiger partial charge in [-0.15, -0.1) is 0 Å². The number of hydrogen-bond acceptors (Lipinski definition) is 2. The van der Waals surface area contributed by atoms with Gasteiger partial charge < -0.3 is 10.2 Å². The van der Waals surface area contributed by atoms with E-state index < -0.39 is 5.97 Å². The van der Waals surface area contributed by atoms with E-state index in [0.29, 0.717) is 0 Å². The monoisotopic (exact) mass is 255 g/mol. The minimum absolute atomic E-state index is 0.133. The highest BCUT2D eigenvalue weighted by molar-refractivity contribution is 7.96. The molecule has 17 heavy (non-hydrogen) atoms. The molecule has 0 amide bonds. The Bertz CT molecular complexity index is 421. The molecule has 4 heteroatoms. The summed E-state index contributed by atoms with van der Waals surface area (Å²) in [6.45, 7) is 6.07. The number of phenols is 1. The Morgan fingerprint density at radius 2 is 1.94 bits per heavy atom. The second kappa shape index (κ2) is 5.00. The first-order valence-corrected chi connectivity index (χ1v) is 7.20. The normalized spacial score (nSPS) is 13.4. The molecule has 1 rings (SSSR count). The number of hydrogen-bond donors (Lipinski definition) is 2. The van der Waals surface area contributed by atoms with Crippen LogP contribution in [-0.4, -0.2) is 28.2 Å². The lowest BCUT2D eigenvalue weighted by molar-refractivity contribution is -0.133. The summed E-state index contributed by atoms with van der Waals surface area (Å²) in [7, 11) is -0.328. The van der Waals surface area contributed by atoms with Gasteiger partial charge in [-0.1, -0.05) is 20.8 Å². The molecule has 0 saturated heterocycles. The van der Waals surface area contributed by atoms with Crippen molar-refractivity contribution in [3.8, 4) is 5.75 Å². The van der Waals surface area contributed by atoms with Gasteiger partial charge >= 0.3 is 5.97 Å². The molecule has 0 aliphatic carbocycles. The molecule has 1 unspecified atom stereocenters. The van der Waals surface area contributed by atoms with E-state index in [1.54, 1.807) is 12.1 Å². The minimum atomic E-state index is -0.791. The van der Waals surface area contributed by atoms with Crippen molar-refractivity contribution in [3.05, 3.63) is 23.8 Å². The Morgan fingerprint density at radius 3 is 2.41 bits per heavy atom. The summed E-state index contributed by atoms with van der Waals surface area (Å²) in [4.78, 5) is 11.7. The summed E-state index contributed by atoms with van der Waals surface area (Å²) in [5, 5.41) is 18.6. The first-order valence-electron chi connectivity index (χ1n) is 5.39. The van der Waals surface area contributed by atoms with Crippen molar-refractivity contribution >= 4 is 16.9 Å². The Morgan fingerprint density at radius 1 is 1.35 bits per heavy atom. The lowest BCUT2D eigenvalue weighted by Crippen LogP contribution is -2.16. The molecule has 3 nitrogen and oxygen atoms in total. The first kappa shape index (κ1) is 13.9. The van der Waals surface area contributed by atoms with Crippen molar-refractivity contribution < 1.29 is 15.0 Å². The van der Waals surface area contributed by atoms with Crippen LogP contribution in [0.4, 0.5) is 0 Å². The smallest absolute Gasteiger partial charge is 0.354 e. The molecule has 1 aromatic rings. The van der Waals surface area contributed by atoms with Crippen molar-refractivity contribution in [1.29, 1.82) is 0 Å². The van der Waals surface area contributed by atoms with E-state index in [0.717, 1.165) is 10.5 Å². The van der Waals surface area contributed by atoms with Crippen molar-refractivity contribution in [3.63, 3.8) is 0 Å². The third-order valence-corrected chi connectivity index (χ3v) is 4.26. The highest BCUT2D eigenvalue weighted by atomic mass is 32.2. The molecular formula is C13H19O3S+. The number of phenolic OH excluding ortho intramolecular Hbond substituents is 1. The average Bonchev–Trinajstić information content (AvgIpc) is 2.15. The first-order chi connectivity index (χ1) is 7.71. The average molecular weight is 255 g/mol. The molecular weight excluding hydrogens is 236 g/mol. The number of carbonyl (C=O) groups is 1. The third kappa shape index (κ3) is 3.66. The molecule has 0 fully saturated rings. The van der Waals surface area contributed by atoms with Crippen LogP contribution in [0.5, 0.6) is 5.75 Å². The fourth-order valence-electron chi connectivity index (χ4n) is 1.60. The Kier molecular flexibility index (Phi) is 4.09. The maximum absolute atomic E-state index is 10.7. The molecule has 0 aliphatic rings. The highest BCUT2D eigenvalue weighted by Gasteiger charge is 2.24. The summed E-state index contributed by atoms with van der Waals surface area (Å²) in [6, 6.07) is 5.37. The standard InChI is InChI=1S/C13H18O3S/c1-13(2,3)10-7-9(5-6-11(10)14)17(4)8-12(15)16/h5-7H,8H2,1-4H3,(H-,14,15,16)/p+1. The van der Waals surface area contributed by atoms with Crippen LogP contribution in [0, 0.1) is 0 Å². The summed E-state index contributed by atoms with van der Waals surface area (Å²) in [5.74, 6) is -0.385. The summed E-state index contributed by atoms with van der Waals surface area (Å²) >= 11 is 0. The van der Waals surface area contributed by atoms with Crippen molar-refractivity contribution in [2.24, 2.45) is 0 Å². The van der Waals surface area contributed by atoms with Gasteiger partial charge in [0.2, 0.25) is 5.75 Å². The predicted molar refractivity (Wildman–Crippen MR) is 70.9 cm³/mol. The molecule has 0 bridgehead atoms. The van der Waals surface area contributed by atoms with E-state index in [4.69, 9.17) is 5.11 Å². The van der Waals surface area contributed by atoms with Gasteiger partial charge in [0.05, 0.1) is 0 Å². The van der Waals surface area contributed by atoms with Crippen LogP contribution in [-0.2, 0) is 21.1 Å². The molecule has 0 radical (unpaired) electrons. The summed E-state index contributed by atoms with van der Waals surface area (Å²) in [5.41, 5.74) is 0.716. The molecule has 1 aromatic carbocycles. The van der Waals surface area contributed by atoms with E-state index in [9.17, 15) is 9.90 Å². The number of carboxylic acid groups (broad SMARTS) is 1. The second-order valence-electron chi connectivity index (χ2n) is 5.10. The van der Waals surface area contributed by atoms with Crippen LogP contribution in [0.1, 0.15) is 26.3 Å². The predicted octanol–water partition coefficient (Wildman–Crippen LogP) is 2.38. The Labute approximate surface area is 105 Å². The van der Waals surface area contributed by atoms with Gasteiger partial charge in [0.1, 0.15) is 12.0 Å². The summed E-state index contributed by atoms with van der Waals surface area (Å²) < 4.78 is 0. The minimum Gasteiger partial charge on any atom is -0.508 e. The highest BCUT2D eigenvalue weighted by Crippen LogP contribution is 2.32. The maximum Gasteiger partial charge on any atom is 0.354 e. The van der Waals surface area contributed by atoms with Crippen LogP contribution in [0.2, 0.25) is 0 Å². The molecule has 0 saturated carbocycles. The molecule has 1 atom stereocenters. The van der Waals surface area contributed by atoms with Gasteiger partial charge in [0.15, 0.2) is 4.90 Å². The number of aliphatic carboxylic acids is 1. The molecule has 0 heterocycles. The quantitative estimate of drug-likeness (QED) is 0.815. The van der Waals surface area contributed by atoms with Gasteiger partial charge in [-0.05, 0) is 17.5 Å². The van der Waals surface area contributed by atoms with Gasteiger partial charge in [0.25, 0.3) is 0 Å². The molecule has 94 valence electrons. The zero-order valence-electron chi connectivity index (χ0n) is 10.7. The van der Waals surface area contributed by atoms with Crippen molar-refractivity contribution in [2.75, 3.05) is 12.0 Å². The number of rotatable bonds is 3. The van der Waals surface area contributed by atoms with Crippen LogP contribution in [0.25, 0.3) is 0 Å². The van der Waals surface area contributed by atoms with E-state index >= 15 is 0 Å². The number of carboxylic acids is 1. The SMILES string of the molecule is C[S+](CC(=O)O)c1ccc(O)c(C(C)(C)C)c1. The summed E-state index contributed by atoms with van der Waals surface area (Å²) in [6.07, 6.45) is 1.91. The van der Waals surface area contributed by atoms with Gasteiger partial charge in [-0.2, -0.15) is 0 Å². The number of benzene rings is 1. The topological polar surface area (TPSA) is 57.5 Å². The van der Waals surface area contributed by atoms with Crippen LogP contribution < -0.4 is 0 Å². The fraction of sp³-hybridized carbons (Fsp3) is 0.462. The van der Waals surface area contributed by atoms with Gasteiger partial charge in [-0.25, -0.2) is 4.79 Å². The maximum atomic E-state index is 10.7. The largest absolute Gasteiger partial charge is 0.508 e. The van der Waals surface area contributed by atoms with Crippen LogP contribution in [0.15, 0.2) is 23.1 Å². The molecule has 0 aliphatic heterocycles. The molecule has 0 spiro atoms. The molecule has 0 aromatic heterocycles. The van der Waals surface area contributed by atoms with E-state index in [1.807, 2.05) is 33.1 Å². The zero-order chi connectivity index (χ0) is 13.2. The van der Waals surface area contributed by atoms with E-state index in [2.05, 4.69) is 0 Å². The van der Waals surface area contributed by atoms with Gasteiger partial charge in [0, 0.05) is 22.5 Å². The Hall–Kier alpha value is -1.16. The van der Waals surface area contributed by atoms with E-state index in [-0.39, 0.29) is 27.8 Å². The fourth-order valence-corrected chi connectivity index (χ4v) is 2.76.